The van der Waals surface area contributed by atoms with Gasteiger partial charge in [0.25, 0.3) is 0 Å². The zero-order valence-electron chi connectivity index (χ0n) is 9.97. The van der Waals surface area contributed by atoms with Gasteiger partial charge in [0.1, 0.15) is 11.9 Å². The fourth-order valence-electron chi connectivity index (χ4n) is 1.62. The van der Waals surface area contributed by atoms with Crippen molar-refractivity contribution in [2.45, 2.75) is 6.92 Å². The molecule has 1 N–H and O–H groups in total. The van der Waals surface area contributed by atoms with E-state index < -0.39 is 0 Å². The molecule has 96 valence electrons. The zero-order valence-corrected chi connectivity index (χ0v) is 12.3. The van der Waals surface area contributed by atoms with Crippen molar-refractivity contribution < 1.29 is 4.39 Å². The summed E-state index contributed by atoms with van der Waals surface area (Å²) in [5.74, 6) is -0.340. The number of benzene rings is 2. The monoisotopic (exact) mass is 338 g/mol. The minimum atomic E-state index is -0.340. The summed E-state index contributed by atoms with van der Waals surface area (Å²) in [5, 5.41) is 12.2. The van der Waals surface area contributed by atoms with Crippen molar-refractivity contribution in [1.82, 2.24) is 0 Å². The number of hydrogen-bond acceptors (Lipinski definition) is 2. The van der Waals surface area contributed by atoms with E-state index in [9.17, 15) is 4.39 Å². The summed E-state index contributed by atoms with van der Waals surface area (Å²) < 4.78 is 13.9. The molecule has 0 aliphatic carbocycles. The molecule has 0 heterocycles. The van der Waals surface area contributed by atoms with Gasteiger partial charge in [0.05, 0.1) is 15.1 Å². The second-order valence-corrected chi connectivity index (χ2v) is 5.27. The maximum Gasteiger partial charge on any atom is 0.139 e. The number of aryl methyl sites for hydroxylation is 1. The number of nitrogens with one attached hydrogen (secondary N) is 1. The molecule has 0 fully saturated rings. The summed E-state index contributed by atoms with van der Waals surface area (Å²) >= 11 is 9.08. The average molecular weight is 340 g/mol. The van der Waals surface area contributed by atoms with Crippen LogP contribution >= 0.6 is 27.5 Å². The smallest absolute Gasteiger partial charge is 0.139 e. The van der Waals surface area contributed by atoms with Crippen LogP contribution in [-0.4, -0.2) is 0 Å². The van der Waals surface area contributed by atoms with E-state index >= 15 is 0 Å². The van der Waals surface area contributed by atoms with Crippen LogP contribution in [0, 0.1) is 24.1 Å². The van der Waals surface area contributed by atoms with E-state index in [0.717, 1.165) is 5.56 Å². The Balaban J connectivity index is 2.34. The molecular formula is C14H9BrClFN2. The van der Waals surface area contributed by atoms with Crippen molar-refractivity contribution in [3.63, 3.8) is 0 Å². The van der Waals surface area contributed by atoms with Gasteiger partial charge < -0.3 is 5.32 Å². The van der Waals surface area contributed by atoms with E-state index in [-0.39, 0.29) is 5.82 Å². The zero-order chi connectivity index (χ0) is 14.0. The molecule has 0 spiro atoms. The van der Waals surface area contributed by atoms with E-state index in [1.54, 1.807) is 24.3 Å². The summed E-state index contributed by atoms with van der Waals surface area (Å²) in [6, 6.07) is 10.1. The molecule has 0 amide bonds. The molecule has 2 nitrogen and oxygen atoms in total. The van der Waals surface area contributed by atoms with Gasteiger partial charge >= 0.3 is 0 Å². The summed E-state index contributed by atoms with van der Waals surface area (Å²) in [6.07, 6.45) is 0. The maximum absolute atomic E-state index is 13.5. The van der Waals surface area contributed by atoms with Crippen molar-refractivity contribution in [3.05, 3.63) is 56.8 Å². The molecule has 2 aromatic carbocycles. The molecule has 5 heteroatoms. The number of nitrogens with zero attached hydrogens (tertiary/aromatic N) is 1. The minimum Gasteiger partial charge on any atom is -0.355 e. The lowest BCUT2D eigenvalue weighted by molar-refractivity contribution is 0.621. The van der Waals surface area contributed by atoms with Crippen LogP contribution in [-0.2, 0) is 0 Å². The normalized spacial score (nSPS) is 10.1. The standard InChI is InChI=1S/C14H9BrClFN2/c1-8-4-11(15)13(17)6-14(8)19-10-3-2-9(7-18)12(16)5-10/h2-6,19H,1H3. The van der Waals surface area contributed by atoms with Gasteiger partial charge in [0.2, 0.25) is 0 Å². The first-order valence-corrected chi connectivity index (χ1v) is 6.60. The highest BCUT2D eigenvalue weighted by Crippen LogP contribution is 2.28. The molecule has 0 bridgehead atoms. The second kappa shape index (κ2) is 5.60. The molecule has 0 unspecified atom stereocenters. The molecule has 0 aromatic heterocycles. The lowest BCUT2D eigenvalue weighted by Gasteiger charge is -2.11. The maximum atomic E-state index is 13.5. The molecule has 0 aliphatic rings. The topological polar surface area (TPSA) is 35.8 Å². The van der Waals surface area contributed by atoms with E-state index in [0.29, 0.717) is 26.4 Å². The largest absolute Gasteiger partial charge is 0.355 e. The van der Waals surface area contributed by atoms with Crippen LogP contribution < -0.4 is 5.32 Å². The first-order chi connectivity index (χ1) is 9.01. The predicted octanol–water partition coefficient (Wildman–Crippen LogP) is 5.17. The van der Waals surface area contributed by atoms with Crippen LogP contribution in [0.5, 0.6) is 0 Å². The summed E-state index contributed by atoms with van der Waals surface area (Å²) in [6.45, 7) is 1.87. The molecule has 0 radical (unpaired) electrons. The van der Waals surface area contributed by atoms with E-state index in [4.69, 9.17) is 16.9 Å². The summed E-state index contributed by atoms with van der Waals surface area (Å²) in [7, 11) is 0. The van der Waals surface area contributed by atoms with Crippen LogP contribution in [0.15, 0.2) is 34.8 Å². The van der Waals surface area contributed by atoms with Crippen molar-refractivity contribution in [1.29, 1.82) is 5.26 Å². The van der Waals surface area contributed by atoms with Gasteiger partial charge in [-0.2, -0.15) is 5.26 Å². The van der Waals surface area contributed by atoms with E-state index in [1.807, 2.05) is 13.0 Å². The Labute approximate surface area is 123 Å². The lowest BCUT2D eigenvalue weighted by Crippen LogP contribution is -1.95. The Morgan fingerprint density at radius 1 is 1.32 bits per heavy atom. The number of halogens is 3. The van der Waals surface area contributed by atoms with Crippen molar-refractivity contribution >= 4 is 38.9 Å². The number of nitriles is 1. The fraction of sp³-hybridized carbons (Fsp3) is 0.0714. The third-order valence-corrected chi connectivity index (χ3v) is 3.56. The SMILES string of the molecule is Cc1cc(Br)c(F)cc1Nc1ccc(C#N)c(Cl)c1. The molecule has 0 saturated carbocycles. The summed E-state index contributed by atoms with van der Waals surface area (Å²) in [5.41, 5.74) is 2.66. The minimum absolute atomic E-state index is 0.340. The highest BCUT2D eigenvalue weighted by atomic mass is 79.9. The summed E-state index contributed by atoms with van der Waals surface area (Å²) in [4.78, 5) is 0. The lowest BCUT2D eigenvalue weighted by atomic mass is 10.1. The van der Waals surface area contributed by atoms with Crippen LogP contribution in [0.3, 0.4) is 0 Å². The quantitative estimate of drug-likeness (QED) is 0.819. The highest BCUT2D eigenvalue weighted by molar-refractivity contribution is 9.10. The molecular weight excluding hydrogens is 331 g/mol. The van der Waals surface area contributed by atoms with Crippen LogP contribution in [0.1, 0.15) is 11.1 Å². The van der Waals surface area contributed by atoms with Gasteiger partial charge in [-0.1, -0.05) is 11.6 Å². The van der Waals surface area contributed by atoms with Crippen LogP contribution in [0.4, 0.5) is 15.8 Å². The third-order valence-electron chi connectivity index (χ3n) is 2.64. The Kier molecular flexibility index (Phi) is 4.08. The Hall–Kier alpha value is -1.57. The van der Waals surface area contributed by atoms with Crippen molar-refractivity contribution in [3.8, 4) is 6.07 Å². The molecule has 19 heavy (non-hydrogen) atoms. The van der Waals surface area contributed by atoms with Gasteiger partial charge in [-0.3, -0.25) is 0 Å². The molecule has 2 rings (SSSR count). The van der Waals surface area contributed by atoms with E-state index in [2.05, 4.69) is 21.2 Å². The third kappa shape index (κ3) is 3.06. The van der Waals surface area contributed by atoms with Gasteiger partial charge in [0.15, 0.2) is 0 Å². The number of anilines is 2. The number of hydrogen-bond donors (Lipinski definition) is 1. The predicted molar refractivity (Wildman–Crippen MR) is 78.3 cm³/mol. The molecule has 0 aliphatic heterocycles. The molecule has 2 aromatic rings. The molecule has 0 saturated heterocycles. The van der Waals surface area contributed by atoms with Gasteiger partial charge in [0, 0.05) is 11.4 Å². The Morgan fingerprint density at radius 2 is 2.05 bits per heavy atom. The second-order valence-electron chi connectivity index (χ2n) is 4.01. The molecule has 0 atom stereocenters. The van der Waals surface area contributed by atoms with Crippen molar-refractivity contribution in [2.24, 2.45) is 0 Å². The van der Waals surface area contributed by atoms with Gasteiger partial charge in [-0.25, -0.2) is 4.39 Å². The van der Waals surface area contributed by atoms with E-state index in [1.165, 1.54) is 6.07 Å². The first-order valence-electron chi connectivity index (χ1n) is 5.43. The van der Waals surface area contributed by atoms with Crippen LogP contribution in [0.2, 0.25) is 5.02 Å². The van der Waals surface area contributed by atoms with Crippen LogP contribution in [0.25, 0.3) is 0 Å². The average Bonchev–Trinajstić information content (AvgIpc) is 2.36. The fourth-order valence-corrected chi connectivity index (χ4v) is 2.30. The first kappa shape index (κ1) is 13.9. The number of rotatable bonds is 2. The van der Waals surface area contributed by atoms with Crippen molar-refractivity contribution in [2.75, 3.05) is 5.32 Å². The van der Waals surface area contributed by atoms with Gasteiger partial charge in [-0.15, -0.1) is 0 Å². The Bertz CT molecular complexity index is 680. The van der Waals surface area contributed by atoms with Gasteiger partial charge in [-0.05, 0) is 58.7 Å². The highest BCUT2D eigenvalue weighted by Gasteiger charge is 2.07. The Morgan fingerprint density at radius 3 is 2.68 bits per heavy atom.